The van der Waals surface area contributed by atoms with E-state index >= 15 is 0 Å². The Morgan fingerprint density at radius 2 is 1.79 bits per heavy atom. The van der Waals surface area contributed by atoms with Crippen molar-refractivity contribution in [3.63, 3.8) is 0 Å². The number of hydrogen-bond donors (Lipinski definition) is 3. The van der Waals surface area contributed by atoms with Gasteiger partial charge in [0, 0.05) is 24.5 Å². The van der Waals surface area contributed by atoms with Crippen LogP contribution in [0, 0.1) is 0 Å². The highest BCUT2D eigenvalue weighted by molar-refractivity contribution is 5.72. The van der Waals surface area contributed by atoms with Gasteiger partial charge in [0.2, 0.25) is 5.95 Å². The molecule has 3 N–H and O–H groups in total. The fourth-order valence-electron chi connectivity index (χ4n) is 2.48. The average Bonchev–Trinajstić information content (AvgIpc) is 2.71. The van der Waals surface area contributed by atoms with E-state index in [1.165, 1.54) is 0 Å². The van der Waals surface area contributed by atoms with Crippen LogP contribution in [0.5, 0.6) is 0 Å². The number of alkyl halides is 3. The van der Waals surface area contributed by atoms with E-state index < -0.39 is 30.1 Å². The second kappa shape index (κ2) is 8.55. The number of aliphatic carboxylic acids is 1. The number of rotatable bonds is 7. The number of nitrogens with one attached hydrogen (secondary N) is 2. The molecular formula is C19H16F3N5O2. The standard InChI is InChI=1S/C19H16F3N5O2/c20-19(21,22)14-10-26-18(27-17(14)24-11-16(28)29)25-9-12-4-6-13(7-5-12)15-3-1-2-8-23-15/h1-8,10H,9,11H2,(H,28,29)(H2,24,25,26,27). The zero-order valence-electron chi connectivity index (χ0n) is 14.9. The predicted octanol–water partition coefficient (Wildman–Crippen LogP) is 3.67. The Bertz CT molecular complexity index is 979. The molecule has 3 aromatic rings. The predicted molar refractivity (Wildman–Crippen MR) is 100 cm³/mol. The molecule has 0 bridgehead atoms. The number of halogens is 3. The molecule has 2 heterocycles. The van der Waals surface area contributed by atoms with Crippen LogP contribution in [0.15, 0.2) is 54.9 Å². The minimum Gasteiger partial charge on any atom is -0.480 e. The Morgan fingerprint density at radius 3 is 2.41 bits per heavy atom. The maximum absolute atomic E-state index is 13.0. The van der Waals surface area contributed by atoms with E-state index in [-0.39, 0.29) is 12.5 Å². The van der Waals surface area contributed by atoms with E-state index in [1.54, 1.807) is 6.20 Å². The van der Waals surface area contributed by atoms with Crippen LogP contribution >= 0.6 is 0 Å². The molecule has 2 aromatic heterocycles. The van der Waals surface area contributed by atoms with E-state index in [0.29, 0.717) is 6.20 Å². The zero-order valence-corrected chi connectivity index (χ0v) is 14.9. The number of nitrogens with zero attached hydrogens (tertiary/aromatic N) is 3. The summed E-state index contributed by atoms with van der Waals surface area (Å²) in [6, 6.07) is 13.1. The lowest BCUT2D eigenvalue weighted by Crippen LogP contribution is -2.19. The quantitative estimate of drug-likeness (QED) is 0.553. The van der Waals surface area contributed by atoms with Crippen molar-refractivity contribution in [1.29, 1.82) is 0 Å². The Kier molecular flexibility index (Phi) is 5.91. The fourth-order valence-corrected chi connectivity index (χ4v) is 2.48. The van der Waals surface area contributed by atoms with Gasteiger partial charge in [0.1, 0.15) is 17.9 Å². The van der Waals surface area contributed by atoms with E-state index in [1.807, 2.05) is 42.5 Å². The van der Waals surface area contributed by atoms with Crippen molar-refractivity contribution in [2.45, 2.75) is 12.7 Å². The lowest BCUT2D eigenvalue weighted by Gasteiger charge is -2.14. The molecule has 3 rings (SSSR count). The van der Waals surface area contributed by atoms with Crippen molar-refractivity contribution in [2.75, 3.05) is 17.2 Å². The van der Waals surface area contributed by atoms with Crippen LogP contribution < -0.4 is 10.6 Å². The molecule has 0 saturated heterocycles. The summed E-state index contributed by atoms with van der Waals surface area (Å²) in [7, 11) is 0. The smallest absolute Gasteiger partial charge is 0.421 e. The molecule has 0 saturated carbocycles. The molecule has 7 nitrogen and oxygen atoms in total. The summed E-state index contributed by atoms with van der Waals surface area (Å²) in [5.41, 5.74) is 1.48. The Labute approximate surface area is 163 Å². The topological polar surface area (TPSA) is 100 Å². The average molecular weight is 403 g/mol. The molecule has 150 valence electrons. The molecule has 29 heavy (non-hydrogen) atoms. The minimum atomic E-state index is -4.71. The highest BCUT2D eigenvalue weighted by atomic mass is 19.4. The molecular weight excluding hydrogens is 387 g/mol. The summed E-state index contributed by atoms with van der Waals surface area (Å²) in [5, 5.41) is 13.7. The van der Waals surface area contributed by atoms with Gasteiger partial charge in [-0.3, -0.25) is 9.78 Å². The number of aromatic nitrogens is 3. The summed E-state index contributed by atoms with van der Waals surface area (Å²) < 4.78 is 39.1. The molecule has 0 amide bonds. The van der Waals surface area contributed by atoms with Crippen LogP contribution in [0.25, 0.3) is 11.3 Å². The third kappa shape index (κ3) is 5.41. The first-order chi connectivity index (χ1) is 13.8. The van der Waals surface area contributed by atoms with Gasteiger partial charge in [0.05, 0.1) is 5.69 Å². The lowest BCUT2D eigenvalue weighted by molar-refractivity contribution is -0.138. The van der Waals surface area contributed by atoms with Crippen molar-refractivity contribution in [3.05, 3.63) is 66.0 Å². The molecule has 0 unspecified atom stereocenters. The third-order valence-electron chi connectivity index (χ3n) is 3.87. The van der Waals surface area contributed by atoms with Crippen molar-refractivity contribution in [2.24, 2.45) is 0 Å². The van der Waals surface area contributed by atoms with Gasteiger partial charge in [-0.05, 0) is 17.7 Å². The molecule has 0 fully saturated rings. The summed E-state index contributed by atoms with van der Waals surface area (Å²) in [6.07, 6.45) is -2.40. The van der Waals surface area contributed by atoms with Gasteiger partial charge in [-0.1, -0.05) is 30.3 Å². The van der Waals surface area contributed by atoms with E-state index in [0.717, 1.165) is 16.8 Å². The van der Waals surface area contributed by atoms with E-state index in [4.69, 9.17) is 5.11 Å². The maximum Gasteiger partial charge on any atom is 0.421 e. The molecule has 0 atom stereocenters. The summed E-state index contributed by atoms with van der Waals surface area (Å²) in [5.74, 6) is -1.96. The number of pyridine rings is 1. The first kappa shape index (κ1) is 20.1. The molecule has 0 radical (unpaired) electrons. The van der Waals surface area contributed by atoms with Crippen molar-refractivity contribution in [1.82, 2.24) is 15.0 Å². The largest absolute Gasteiger partial charge is 0.480 e. The van der Waals surface area contributed by atoms with Crippen molar-refractivity contribution >= 4 is 17.7 Å². The van der Waals surface area contributed by atoms with Gasteiger partial charge in [-0.25, -0.2) is 4.98 Å². The molecule has 0 spiro atoms. The van der Waals surface area contributed by atoms with Gasteiger partial charge >= 0.3 is 12.1 Å². The second-order valence-electron chi connectivity index (χ2n) is 5.97. The first-order valence-corrected chi connectivity index (χ1v) is 8.47. The van der Waals surface area contributed by atoms with Gasteiger partial charge in [-0.15, -0.1) is 0 Å². The molecule has 0 aliphatic heterocycles. The summed E-state index contributed by atoms with van der Waals surface area (Å²) in [4.78, 5) is 22.4. The lowest BCUT2D eigenvalue weighted by atomic mass is 10.1. The van der Waals surface area contributed by atoms with Crippen LogP contribution in [0.1, 0.15) is 11.1 Å². The maximum atomic E-state index is 13.0. The molecule has 0 aliphatic carbocycles. The third-order valence-corrected chi connectivity index (χ3v) is 3.87. The van der Waals surface area contributed by atoms with Crippen LogP contribution in [0.4, 0.5) is 24.9 Å². The minimum absolute atomic E-state index is 0.0558. The highest BCUT2D eigenvalue weighted by Crippen LogP contribution is 2.33. The van der Waals surface area contributed by atoms with E-state index in [2.05, 4.69) is 25.6 Å². The number of anilines is 2. The first-order valence-electron chi connectivity index (χ1n) is 8.47. The molecule has 0 aliphatic rings. The Hall–Kier alpha value is -3.69. The van der Waals surface area contributed by atoms with Crippen LogP contribution in [0.3, 0.4) is 0 Å². The van der Waals surface area contributed by atoms with E-state index in [9.17, 15) is 18.0 Å². The van der Waals surface area contributed by atoms with Crippen molar-refractivity contribution in [3.8, 4) is 11.3 Å². The second-order valence-corrected chi connectivity index (χ2v) is 5.97. The fraction of sp³-hybridized carbons (Fsp3) is 0.158. The van der Waals surface area contributed by atoms with Crippen LogP contribution in [-0.4, -0.2) is 32.6 Å². The highest BCUT2D eigenvalue weighted by Gasteiger charge is 2.35. The van der Waals surface area contributed by atoms with Crippen LogP contribution in [0.2, 0.25) is 0 Å². The zero-order chi connectivity index (χ0) is 20.9. The van der Waals surface area contributed by atoms with Crippen LogP contribution in [-0.2, 0) is 17.5 Å². The number of carboxylic acid groups (broad SMARTS) is 1. The number of carbonyl (C=O) groups is 1. The Morgan fingerprint density at radius 1 is 1.03 bits per heavy atom. The number of hydrogen-bond acceptors (Lipinski definition) is 6. The summed E-state index contributed by atoms with van der Waals surface area (Å²) >= 11 is 0. The Balaban J connectivity index is 1.71. The number of carboxylic acids is 1. The van der Waals surface area contributed by atoms with Gasteiger partial charge in [-0.2, -0.15) is 18.2 Å². The monoisotopic (exact) mass is 403 g/mol. The van der Waals surface area contributed by atoms with Crippen molar-refractivity contribution < 1.29 is 23.1 Å². The SMILES string of the molecule is O=C(O)CNc1nc(NCc2ccc(-c3ccccn3)cc2)ncc1C(F)(F)F. The van der Waals surface area contributed by atoms with Gasteiger partial charge in [0.15, 0.2) is 0 Å². The van der Waals surface area contributed by atoms with Gasteiger partial charge < -0.3 is 15.7 Å². The molecule has 10 heteroatoms. The summed E-state index contributed by atoms with van der Waals surface area (Å²) in [6.45, 7) is -0.430. The van der Waals surface area contributed by atoms with Gasteiger partial charge in [0.25, 0.3) is 0 Å². The number of benzene rings is 1. The molecule has 1 aromatic carbocycles. The normalized spacial score (nSPS) is 11.1.